The molecule has 2 aromatic carbocycles. The highest BCUT2D eigenvalue weighted by Gasteiger charge is 2.22. The number of aromatic nitrogens is 1. The molecule has 3 amide bonds. The number of pyridine rings is 1. The Bertz CT molecular complexity index is 1150. The number of hydrogen-bond donors (Lipinski definition) is 3. The molecule has 9 heteroatoms. The van der Waals surface area contributed by atoms with Gasteiger partial charge in [-0.25, -0.2) is 9.59 Å². The molecule has 3 rings (SSSR count). The molecule has 3 aromatic rings. The lowest BCUT2D eigenvalue weighted by Crippen LogP contribution is -2.40. The standard InChI is InChI=1S/C27H30N4O5/c1-27(2,3)36-26(34)31-23(17-29-25(33)35-18-19-7-5-4-6-8-19)20-9-11-21(12-10-20)24(32)30-22-13-15-28-16-14-22/h4-16,23H,17-18H2,1-3H3,(H,29,33)(H,31,34)(H,28,30,32). The zero-order valence-corrected chi connectivity index (χ0v) is 20.5. The molecule has 0 saturated heterocycles. The Morgan fingerprint density at radius 3 is 2.19 bits per heavy atom. The third kappa shape index (κ3) is 8.75. The van der Waals surface area contributed by atoms with Crippen LogP contribution in [0.15, 0.2) is 79.1 Å². The predicted octanol–water partition coefficient (Wildman–Crippen LogP) is 4.83. The Labute approximate surface area is 210 Å². The fourth-order valence-corrected chi connectivity index (χ4v) is 3.17. The van der Waals surface area contributed by atoms with Crippen LogP contribution in [-0.4, -0.2) is 35.2 Å². The van der Waals surface area contributed by atoms with Crippen molar-refractivity contribution in [3.8, 4) is 0 Å². The summed E-state index contributed by atoms with van der Waals surface area (Å²) in [5, 5.41) is 8.23. The van der Waals surface area contributed by atoms with Crippen LogP contribution in [0.2, 0.25) is 0 Å². The van der Waals surface area contributed by atoms with Crippen molar-refractivity contribution in [1.82, 2.24) is 15.6 Å². The van der Waals surface area contributed by atoms with Crippen molar-refractivity contribution in [2.24, 2.45) is 0 Å². The summed E-state index contributed by atoms with van der Waals surface area (Å²) >= 11 is 0. The number of carbonyl (C=O) groups excluding carboxylic acids is 3. The second-order valence-corrected chi connectivity index (χ2v) is 8.95. The van der Waals surface area contributed by atoms with Crippen molar-refractivity contribution in [2.75, 3.05) is 11.9 Å². The fourth-order valence-electron chi connectivity index (χ4n) is 3.17. The number of nitrogens with one attached hydrogen (secondary N) is 3. The third-order valence-corrected chi connectivity index (χ3v) is 4.87. The number of ether oxygens (including phenoxy) is 2. The van der Waals surface area contributed by atoms with Gasteiger partial charge in [-0.15, -0.1) is 0 Å². The number of carbonyl (C=O) groups is 3. The van der Waals surface area contributed by atoms with E-state index in [1.807, 2.05) is 30.3 Å². The van der Waals surface area contributed by atoms with E-state index in [-0.39, 0.29) is 19.1 Å². The lowest BCUT2D eigenvalue weighted by molar-refractivity contribution is 0.0501. The highest BCUT2D eigenvalue weighted by Crippen LogP contribution is 2.17. The Hall–Kier alpha value is -4.40. The van der Waals surface area contributed by atoms with Gasteiger partial charge in [0.15, 0.2) is 0 Å². The minimum absolute atomic E-state index is 0.0510. The summed E-state index contributed by atoms with van der Waals surface area (Å²) in [5.41, 5.74) is 1.90. The quantitative estimate of drug-likeness (QED) is 0.416. The zero-order valence-electron chi connectivity index (χ0n) is 20.5. The largest absolute Gasteiger partial charge is 0.445 e. The maximum absolute atomic E-state index is 12.5. The maximum Gasteiger partial charge on any atom is 0.408 e. The van der Waals surface area contributed by atoms with Crippen LogP contribution in [-0.2, 0) is 16.1 Å². The van der Waals surface area contributed by atoms with Gasteiger partial charge in [0.1, 0.15) is 12.2 Å². The van der Waals surface area contributed by atoms with Crippen molar-refractivity contribution in [2.45, 2.75) is 39.0 Å². The number of alkyl carbamates (subject to hydrolysis) is 2. The Morgan fingerprint density at radius 2 is 1.56 bits per heavy atom. The molecule has 0 fully saturated rings. The first kappa shape index (κ1) is 26.2. The van der Waals surface area contributed by atoms with Crippen LogP contribution in [0.5, 0.6) is 0 Å². The van der Waals surface area contributed by atoms with Crippen molar-refractivity contribution < 1.29 is 23.9 Å². The Morgan fingerprint density at radius 1 is 0.889 bits per heavy atom. The lowest BCUT2D eigenvalue weighted by atomic mass is 10.0. The van der Waals surface area contributed by atoms with Crippen LogP contribution < -0.4 is 16.0 Å². The summed E-state index contributed by atoms with van der Waals surface area (Å²) < 4.78 is 10.6. The predicted molar refractivity (Wildman–Crippen MR) is 135 cm³/mol. The van der Waals surface area contributed by atoms with Gasteiger partial charge in [-0.2, -0.15) is 0 Å². The number of anilines is 1. The van der Waals surface area contributed by atoms with Gasteiger partial charge in [-0.05, 0) is 56.2 Å². The second kappa shape index (κ2) is 12.3. The van der Waals surface area contributed by atoms with Crippen LogP contribution in [0.4, 0.5) is 15.3 Å². The Kier molecular flexibility index (Phi) is 8.99. The summed E-state index contributed by atoms with van der Waals surface area (Å²) in [6, 6.07) is 18.8. The SMILES string of the molecule is CC(C)(C)OC(=O)NC(CNC(=O)OCc1ccccc1)c1ccc(C(=O)Nc2ccncc2)cc1. The molecule has 0 radical (unpaired) electrons. The highest BCUT2D eigenvalue weighted by molar-refractivity contribution is 6.04. The molecule has 0 aliphatic heterocycles. The molecule has 0 spiro atoms. The molecule has 0 saturated carbocycles. The molecule has 188 valence electrons. The number of hydrogen-bond acceptors (Lipinski definition) is 6. The third-order valence-electron chi connectivity index (χ3n) is 4.87. The first-order valence-corrected chi connectivity index (χ1v) is 11.4. The van der Waals surface area contributed by atoms with Gasteiger partial charge in [0.05, 0.1) is 6.04 Å². The number of nitrogens with zero attached hydrogens (tertiary/aromatic N) is 1. The van der Waals surface area contributed by atoms with Crippen molar-refractivity contribution in [3.05, 3.63) is 95.8 Å². The zero-order chi connectivity index (χ0) is 26.0. The number of amides is 3. The van der Waals surface area contributed by atoms with Crippen LogP contribution >= 0.6 is 0 Å². The van der Waals surface area contributed by atoms with Crippen molar-refractivity contribution in [1.29, 1.82) is 0 Å². The summed E-state index contributed by atoms with van der Waals surface area (Å²) in [7, 11) is 0. The summed E-state index contributed by atoms with van der Waals surface area (Å²) in [4.78, 5) is 41.1. The molecule has 3 N–H and O–H groups in total. The van der Waals surface area contributed by atoms with E-state index in [0.29, 0.717) is 16.8 Å². The molecule has 0 bridgehead atoms. The van der Waals surface area contributed by atoms with E-state index in [1.54, 1.807) is 69.6 Å². The first-order chi connectivity index (χ1) is 17.2. The Balaban J connectivity index is 1.65. The van der Waals surface area contributed by atoms with Crippen LogP contribution in [0, 0.1) is 0 Å². The van der Waals surface area contributed by atoms with Gasteiger partial charge in [0.25, 0.3) is 5.91 Å². The summed E-state index contributed by atoms with van der Waals surface area (Å²) in [5.74, 6) is -0.285. The van der Waals surface area contributed by atoms with E-state index in [9.17, 15) is 14.4 Å². The number of rotatable bonds is 8. The first-order valence-electron chi connectivity index (χ1n) is 11.4. The van der Waals surface area contributed by atoms with Crippen molar-refractivity contribution >= 4 is 23.8 Å². The van der Waals surface area contributed by atoms with Crippen LogP contribution in [0.1, 0.15) is 48.3 Å². The van der Waals surface area contributed by atoms with Gasteiger partial charge >= 0.3 is 12.2 Å². The molecule has 1 atom stereocenters. The molecule has 36 heavy (non-hydrogen) atoms. The average Bonchev–Trinajstić information content (AvgIpc) is 2.85. The molecular formula is C27H30N4O5. The average molecular weight is 491 g/mol. The maximum atomic E-state index is 12.5. The van der Waals surface area contributed by atoms with Gasteiger partial charge in [-0.3, -0.25) is 9.78 Å². The van der Waals surface area contributed by atoms with E-state index in [4.69, 9.17) is 9.47 Å². The summed E-state index contributed by atoms with van der Waals surface area (Å²) in [6.45, 7) is 5.46. The van der Waals surface area contributed by atoms with E-state index >= 15 is 0 Å². The van der Waals surface area contributed by atoms with E-state index < -0.39 is 23.8 Å². The lowest BCUT2D eigenvalue weighted by Gasteiger charge is -2.24. The molecule has 1 heterocycles. The normalized spacial score (nSPS) is 11.6. The number of benzene rings is 2. The van der Waals surface area contributed by atoms with E-state index in [2.05, 4.69) is 20.9 Å². The molecule has 0 aliphatic rings. The van der Waals surface area contributed by atoms with Gasteiger partial charge in [-0.1, -0.05) is 42.5 Å². The smallest absolute Gasteiger partial charge is 0.408 e. The minimum atomic E-state index is -0.689. The van der Waals surface area contributed by atoms with Gasteiger partial charge < -0.3 is 25.4 Å². The van der Waals surface area contributed by atoms with Crippen LogP contribution in [0.25, 0.3) is 0 Å². The van der Waals surface area contributed by atoms with E-state index in [1.165, 1.54) is 0 Å². The highest BCUT2D eigenvalue weighted by atomic mass is 16.6. The molecule has 1 unspecified atom stereocenters. The summed E-state index contributed by atoms with van der Waals surface area (Å²) in [6.07, 6.45) is 1.92. The second-order valence-electron chi connectivity index (χ2n) is 8.95. The van der Waals surface area contributed by atoms with E-state index in [0.717, 1.165) is 5.56 Å². The molecule has 0 aliphatic carbocycles. The minimum Gasteiger partial charge on any atom is -0.445 e. The molecule has 9 nitrogen and oxygen atoms in total. The van der Waals surface area contributed by atoms with Gasteiger partial charge in [0.2, 0.25) is 0 Å². The van der Waals surface area contributed by atoms with Crippen LogP contribution in [0.3, 0.4) is 0 Å². The molecular weight excluding hydrogens is 460 g/mol. The fraction of sp³-hybridized carbons (Fsp3) is 0.259. The molecule has 1 aromatic heterocycles. The van der Waals surface area contributed by atoms with Crippen molar-refractivity contribution in [3.63, 3.8) is 0 Å². The van der Waals surface area contributed by atoms with Gasteiger partial charge in [0, 0.05) is 30.2 Å². The topological polar surface area (TPSA) is 119 Å². The monoisotopic (exact) mass is 490 g/mol.